The van der Waals surface area contributed by atoms with Gasteiger partial charge in [-0.05, 0) is 19.4 Å². The maximum absolute atomic E-state index is 11.6. The summed E-state index contributed by atoms with van der Waals surface area (Å²) in [7, 11) is 0. The molecule has 7 heteroatoms. The number of nitrogens with two attached hydrogens (primary N) is 1. The first-order valence-electron chi connectivity index (χ1n) is 5.15. The van der Waals surface area contributed by atoms with Crippen LogP contribution in [0.15, 0.2) is 18.6 Å². The average Bonchev–Trinajstić information content (AvgIpc) is 2.35. The number of aromatic nitrogens is 2. The van der Waals surface area contributed by atoms with Gasteiger partial charge in [0.15, 0.2) is 0 Å². The summed E-state index contributed by atoms with van der Waals surface area (Å²) in [6, 6.07) is -0.951. The third-order valence-corrected chi connectivity index (χ3v) is 2.10. The lowest BCUT2D eigenvalue weighted by molar-refractivity contribution is -0.139. The van der Waals surface area contributed by atoms with Gasteiger partial charge in [0, 0.05) is 12.4 Å². The SMILES string of the molecule is NCCC[C@H](NC(=O)c1cnccn1)C(=O)O. The third-order valence-electron chi connectivity index (χ3n) is 2.10. The molecule has 0 saturated carbocycles. The largest absolute Gasteiger partial charge is 0.480 e. The van der Waals surface area contributed by atoms with Gasteiger partial charge in [-0.1, -0.05) is 0 Å². The molecule has 1 heterocycles. The Bertz CT molecular complexity index is 382. The molecule has 1 rings (SSSR count). The fourth-order valence-corrected chi connectivity index (χ4v) is 1.23. The van der Waals surface area contributed by atoms with Gasteiger partial charge in [0.05, 0.1) is 6.20 Å². The number of aliphatic carboxylic acids is 1. The number of carbonyl (C=O) groups excluding carboxylic acids is 1. The first-order chi connectivity index (χ1) is 8.15. The Morgan fingerprint density at radius 1 is 1.47 bits per heavy atom. The van der Waals surface area contributed by atoms with Gasteiger partial charge in [0.2, 0.25) is 0 Å². The van der Waals surface area contributed by atoms with E-state index >= 15 is 0 Å². The maximum atomic E-state index is 11.6. The molecule has 0 aliphatic rings. The maximum Gasteiger partial charge on any atom is 0.326 e. The predicted octanol–water partition coefficient (Wildman–Crippen LogP) is -0.602. The number of rotatable bonds is 6. The molecule has 1 aromatic heterocycles. The van der Waals surface area contributed by atoms with Gasteiger partial charge in [-0.2, -0.15) is 0 Å². The van der Waals surface area contributed by atoms with Crippen molar-refractivity contribution in [1.29, 1.82) is 0 Å². The van der Waals surface area contributed by atoms with Crippen molar-refractivity contribution in [3.05, 3.63) is 24.3 Å². The fraction of sp³-hybridized carbons (Fsp3) is 0.400. The third kappa shape index (κ3) is 4.15. The minimum atomic E-state index is -1.09. The quantitative estimate of drug-likeness (QED) is 0.609. The number of amides is 1. The monoisotopic (exact) mass is 238 g/mol. The molecule has 1 amide bonds. The van der Waals surface area contributed by atoms with E-state index in [0.29, 0.717) is 13.0 Å². The second-order valence-corrected chi connectivity index (χ2v) is 3.39. The molecule has 0 aliphatic heterocycles. The molecular weight excluding hydrogens is 224 g/mol. The summed E-state index contributed by atoms with van der Waals surface area (Å²) in [6.07, 6.45) is 4.89. The van der Waals surface area contributed by atoms with Crippen molar-refractivity contribution in [2.75, 3.05) is 6.54 Å². The Kier molecular flexibility index (Phi) is 5.02. The van der Waals surface area contributed by atoms with Crippen molar-refractivity contribution >= 4 is 11.9 Å². The van der Waals surface area contributed by atoms with E-state index in [9.17, 15) is 9.59 Å². The van der Waals surface area contributed by atoms with Gasteiger partial charge in [0.25, 0.3) is 5.91 Å². The summed E-state index contributed by atoms with van der Waals surface area (Å²) >= 11 is 0. The molecule has 0 spiro atoms. The first kappa shape index (κ1) is 13.0. The van der Waals surface area contributed by atoms with E-state index in [1.807, 2.05) is 0 Å². The zero-order valence-electron chi connectivity index (χ0n) is 9.17. The van der Waals surface area contributed by atoms with Crippen molar-refractivity contribution in [3.8, 4) is 0 Å². The lowest BCUT2D eigenvalue weighted by atomic mass is 10.1. The Balaban J connectivity index is 2.61. The topological polar surface area (TPSA) is 118 Å². The Morgan fingerprint density at radius 3 is 2.76 bits per heavy atom. The highest BCUT2D eigenvalue weighted by Crippen LogP contribution is 1.99. The molecule has 0 fully saturated rings. The van der Waals surface area contributed by atoms with Crippen molar-refractivity contribution in [2.45, 2.75) is 18.9 Å². The van der Waals surface area contributed by atoms with E-state index in [2.05, 4.69) is 15.3 Å². The molecule has 0 saturated heterocycles. The minimum absolute atomic E-state index is 0.0894. The van der Waals surface area contributed by atoms with Gasteiger partial charge in [-0.3, -0.25) is 9.78 Å². The Hall–Kier alpha value is -2.02. The Morgan fingerprint density at radius 2 is 2.24 bits per heavy atom. The summed E-state index contributed by atoms with van der Waals surface area (Å²) in [4.78, 5) is 30.0. The normalized spacial score (nSPS) is 11.8. The molecule has 0 aromatic carbocycles. The Labute approximate surface area is 98.1 Å². The number of carboxylic acids is 1. The van der Waals surface area contributed by atoms with Crippen molar-refractivity contribution in [3.63, 3.8) is 0 Å². The zero-order valence-corrected chi connectivity index (χ0v) is 9.17. The lowest BCUT2D eigenvalue weighted by Gasteiger charge is -2.13. The van der Waals surface area contributed by atoms with Crippen LogP contribution in [0, 0.1) is 0 Å². The average molecular weight is 238 g/mol. The molecule has 17 heavy (non-hydrogen) atoms. The lowest BCUT2D eigenvalue weighted by Crippen LogP contribution is -2.41. The molecule has 0 radical (unpaired) electrons. The zero-order chi connectivity index (χ0) is 12.7. The van der Waals surface area contributed by atoms with Gasteiger partial charge < -0.3 is 16.2 Å². The predicted molar refractivity (Wildman–Crippen MR) is 59.2 cm³/mol. The number of hydrogen-bond donors (Lipinski definition) is 3. The summed E-state index contributed by atoms with van der Waals surface area (Å²) in [5.74, 6) is -1.64. The number of nitrogens with one attached hydrogen (secondary N) is 1. The fourth-order valence-electron chi connectivity index (χ4n) is 1.23. The second-order valence-electron chi connectivity index (χ2n) is 3.39. The second kappa shape index (κ2) is 6.54. The minimum Gasteiger partial charge on any atom is -0.480 e. The molecule has 7 nitrogen and oxygen atoms in total. The van der Waals surface area contributed by atoms with Crippen LogP contribution in [0.5, 0.6) is 0 Å². The van der Waals surface area contributed by atoms with E-state index < -0.39 is 17.9 Å². The molecule has 4 N–H and O–H groups in total. The van der Waals surface area contributed by atoms with Crippen LogP contribution in [0.25, 0.3) is 0 Å². The van der Waals surface area contributed by atoms with Crippen LogP contribution in [0.2, 0.25) is 0 Å². The molecule has 1 aromatic rings. The van der Waals surface area contributed by atoms with Gasteiger partial charge in [-0.25, -0.2) is 9.78 Å². The van der Waals surface area contributed by atoms with Crippen molar-refractivity contribution in [1.82, 2.24) is 15.3 Å². The molecular formula is C10H14N4O3. The highest BCUT2D eigenvalue weighted by molar-refractivity contribution is 5.94. The highest BCUT2D eigenvalue weighted by atomic mass is 16.4. The number of carbonyl (C=O) groups is 2. The van der Waals surface area contributed by atoms with E-state index in [0.717, 1.165) is 0 Å². The number of carboxylic acid groups (broad SMARTS) is 1. The molecule has 0 bridgehead atoms. The molecule has 1 atom stereocenters. The summed E-state index contributed by atoms with van der Waals surface area (Å²) < 4.78 is 0. The van der Waals surface area contributed by atoms with Crippen LogP contribution in [0.4, 0.5) is 0 Å². The summed E-state index contributed by atoms with van der Waals surface area (Å²) in [5, 5.41) is 11.3. The van der Waals surface area contributed by atoms with E-state index in [-0.39, 0.29) is 12.1 Å². The van der Waals surface area contributed by atoms with Crippen LogP contribution in [0.3, 0.4) is 0 Å². The van der Waals surface area contributed by atoms with Crippen LogP contribution < -0.4 is 11.1 Å². The smallest absolute Gasteiger partial charge is 0.326 e. The number of nitrogens with zero attached hydrogens (tertiary/aromatic N) is 2. The molecule has 92 valence electrons. The van der Waals surface area contributed by atoms with E-state index in [1.54, 1.807) is 0 Å². The van der Waals surface area contributed by atoms with Crippen LogP contribution in [0.1, 0.15) is 23.3 Å². The molecule has 0 aliphatic carbocycles. The van der Waals surface area contributed by atoms with Gasteiger partial charge in [-0.15, -0.1) is 0 Å². The van der Waals surface area contributed by atoms with Crippen LogP contribution >= 0.6 is 0 Å². The summed E-state index contributed by atoms with van der Waals surface area (Å²) in [5.41, 5.74) is 5.38. The van der Waals surface area contributed by atoms with Gasteiger partial charge >= 0.3 is 5.97 Å². The van der Waals surface area contributed by atoms with Crippen LogP contribution in [-0.2, 0) is 4.79 Å². The number of hydrogen-bond acceptors (Lipinski definition) is 5. The van der Waals surface area contributed by atoms with Crippen molar-refractivity contribution in [2.24, 2.45) is 5.73 Å². The first-order valence-corrected chi connectivity index (χ1v) is 5.15. The van der Waals surface area contributed by atoms with Gasteiger partial charge in [0.1, 0.15) is 11.7 Å². The molecule has 0 unspecified atom stereocenters. The van der Waals surface area contributed by atoms with Crippen LogP contribution in [-0.4, -0.2) is 39.5 Å². The van der Waals surface area contributed by atoms with Crippen molar-refractivity contribution < 1.29 is 14.7 Å². The standard InChI is InChI=1S/C10H14N4O3/c11-3-1-2-7(10(16)17)14-9(15)8-6-12-4-5-13-8/h4-7H,1-3,11H2,(H,14,15)(H,16,17)/t7-/m0/s1. The highest BCUT2D eigenvalue weighted by Gasteiger charge is 2.20. The van der Waals surface area contributed by atoms with E-state index in [4.69, 9.17) is 10.8 Å². The summed E-state index contributed by atoms with van der Waals surface area (Å²) in [6.45, 7) is 0.380. The van der Waals surface area contributed by atoms with E-state index in [1.165, 1.54) is 18.6 Å².